The summed E-state index contributed by atoms with van der Waals surface area (Å²) in [5.74, 6) is 0.538. The van der Waals surface area contributed by atoms with Crippen molar-refractivity contribution in [2.75, 3.05) is 26.7 Å². The molecule has 1 saturated heterocycles. The fourth-order valence-electron chi connectivity index (χ4n) is 3.41. The van der Waals surface area contributed by atoms with Crippen LogP contribution in [0.15, 0.2) is 41.8 Å². The van der Waals surface area contributed by atoms with Crippen LogP contribution in [0.5, 0.6) is 5.75 Å². The highest BCUT2D eigenvalue weighted by atomic mass is 32.1. The topological polar surface area (TPSA) is 41.6 Å². The molecule has 1 aliphatic heterocycles. The van der Waals surface area contributed by atoms with Crippen LogP contribution in [-0.2, 0) is 0 Å². The number of nitrogens with one attached hydrogen (secondary N) is 1. The van der Waals surface area contributed by atoms with Gasteiger partial charge in [-0.15, -0.1) is 11.3 Å². The first-order valence-electron chi connectivity index (χ1n) is 8.98. The molecule has 4 nitrogen and oxygen atoms in total. The SMILES string of the molecule is COc1ccccc1C(=O)NC[C@@H](c1cccs1)N1CCCCCC1. The quantitative estimate of drug-likeness (QED) is 0.845. The van der Waals surface area contributed by atoms with E-state index >= 15 is 0 Å². The predicted octanol–water partition coefficient (Wildman–Crippen LogP) is 4.10. The molecule has 0 unspecified atom stereocenters. The molecule has 2 heterocycles. The Morgan fingerprint density at radius 2 is 1.92 bits per heavy atom. The van der Waals surface area contributed by atoms with E-state index in [1.54, 1.807) is 24.5 Å². The van der Waals surface area contributed by atoms with E-state index in [0.717, 1.165) is 13.1 Å². The fourth-order valence-corrected chi connectivity index (χ4v) is 4.28. The minimum atomic E-state index is -0.0752. The first-order chi connectivity index (χ1) is 12.3. The molecule has 1 aromatic heterocycles. The van der Waals surface area contributed by atoms with Gasteiger partial charge in [0.15, 0.2) is 0 Å². The highest BCUT2D eigenvalue weighted by molar-refractivity contribution is 7.10. The molecule has 25 heavy (non-hydrogen) atoms. The van der Waals surface area contributed by atoms with Gasteiger partial charge in [0.2, 0.25) is 0 Å². The van der Waals surface area contributed by atoms with Crippen molar-refractivity contribution in [3.63, 3.8) is 0 Å². The molecule has 1 aromatic carbocycles. The Labute approximate surface area is 153 Å². The van der Waals surface area contributed by atoms with E-state index in [-0.39, 0.29) is 11.9 Å². The third-order valence-corrected chi connectivity index (χ3v) is 5.73. The molecular weight excluding hydrogens is 332 g/mol. The van der Waals surface area contributed by atoms with Crippen molar-refractivity contribution in [3.8, 4) is 5.75 Å². The van der Waals surface area contributed by atoms with Crippen molar-refractivity contribution in [2.45, 2.75) is 31.7 Å². The van der Waals surface area contributed by atoms with Gasteiger partial charge in [-0.3, -0.25) is 9.69 Å². The average molecular weight is 359 g/mol. The average Bonchev–Trinajstić information content (AvgIpc) is 3.04. The van der Waals surface area contributed by atoms with E-state index in [9.17, 15) is 4.79 Å². The van der Waals surface area contributed by atoms with Gasteiger partial charge in [0, 0.05) is 11.4 Å². The zero-order chi connectivity index (χ0) is 17.5. The molecule has 1 amide bonds. The minimum Gasteiger partial charge on any atom is -0.496 e. The standard InChI is InChI=1S/C20H26N2O2S/c1-24-18-10-5-4-9-16(18)20(23)21-15-17(19-11-8-14-25-19)22-12-6-2-3-7-13-22/h4-5,8-11,14,17H,2-3,6-7,12-13,15H2,1H3,(H,21,23)/t17-/m0/s1. The highest BCUT2D eigenvalue weighted by Crippen LogP contribution is 2.27. The third kappa shape index (κ3) is 4.61. The summed E-state index contributed by atoms with van der Waals surface area (Å²) in [6.45, 7) is 2.83. The molecule has 0 radical (unpaired) electrons. The number of carbonyl (C=O) groups excluding carboxylic acids is 1. The van der Waals surface area contributed by atoms with Gasteiger partial charge in [0.1, 0.15) is 5.75 Å². The molecule has 1 N–H and O–H groups in total. The van der Waals surface area contributed by atoms with Gasteiger partial charge in [-0.1, -0.05) is 31.0 Å². The lowest BCUT2D eigenvalue weighted by Crippen LogP contribution is -2.38. The Bertz CT molecular complexity index is 664. The fraction of sp³-hybridized carbons (Fsp3) is 0.450. The van der Waals surface area contributed by atoms with Crippen molar-refractivity contribution < 1.29 is 9.53 Å². The second-order valence-electron chi connectivity index (χ2n) is 6.39. The summed E-state index contributed by atoms with van der Waals surface area (Å²) in [6.07, 6.45) is 5.09. The number of thiophene rings is 1. The van der Waals surface area contributed by atoms with Crippen LogP contribution < -0.4 is 10.1 Å². The van der Waals surface area contributed by atoms with E-state index in [1.807, 2.05) is 18.2 Å². The van der Waals surface area contributed by atoms with Crippen LogP contribution in [-0.4, -0.2) is 37.6 Å². The Morgan fingerprint density at radius 1 is 1.16 bits per heavy atom. The molecule has 3 rings (SSSR count). The molecule has 0 aliphatic carbocycles. The number of methoxy groups -OCH3 is 1. The number of hydrogen-bond donors (Lipinski definition) is 1. The molecule has 0 saturated carbocycles. The molecule has 1 fully saturated rings. The molecule has 2 aromatic rings. The zero-order valence-electron chi connectivity index (χ0n) is 14.7. The van der Waals surface area contributed by atoms with Crippen LogP contribution in [0.3, 0.4) is 0 Å². The van der Waals surface area contributed by atoms with Gasteiger partial charge in [-0.25, -0.2) is 0 Å². The number of nitrogens with zero attached hydrogens (tertiary/aromatic N) is 1. The number of ether oxygens (including phenoxy) is 1. The number of para-hydroxylation sites is 1. The van der Waals surface area contributed by atoms with E-state index in [2.05, 4.69) is 27.7 Å². The molecule has 0 bridgehead atoms. The first kappa shape index (κ1) is 18.0. The smallest absolute Gasteiger partial charge is 0.255 e. The number of benzene rings is 1. The summed E-state index contributed by atoms with van der Waals surface area (Å²) in [6, 6.07) is 11.9. The van der Waals surface area contributed by atoms with Crippen LogP contribution in [0.1, 0.15) is 47.0 Å². The lowest BCUT2D eigenvalue weighted by molar-refractivity contribution is 0.0931. The maximum absolute atomic E-state index is 12.6. The van der Waals surface area contributed by atoms with Crippen LogP contribution in [0.4, 0.5) is 0 Å². The third-order valence-electron chi connectivity index (χ3n) is 4.76. The predicted molar refractivity (Wildman–Crippen MR) is 102 cm³/mol. The Kier molecular flexibility index (Phi) is 6.48. The van der Waals surface area contributed by atoms with E-state index < -0.39 is 0 Å². The van der Waals surface area contributed by atoms with Gasteiger partial charge in [-0.2, -0.15) is 0 Å². The summed E-state index contributed by atoms with van der Waals surface area (Å²) < 4.78 is 5.31. The molecule has 5 heteroatoms. The lowest BCUT2D eigenvalue weighted by atomic mass is 10.1. The number of carbonyl (C=O) groups is 1. The molecule has 1 aliphatic rings. The largest absolute Gasteiger partial charge is 0.496 e. The van der Waals surface area contributed by atoms with Gasteiger partial charge < -0.3 is 10.1 Å². The summed E-state index contributed by atoms with van der Waals surface area (Å²) in [4.78, 5) is 16.5. The van der Waals surface area contributed by atoms with Gasteiger partial charge in [0.25, 0.3) is 5.91 Å². The summed E-state index contributed by atoms with van der Waals surface area (Å²) in [5, 5.41) is 5.24. The van der Waals surface area contributed by atoms with Crippen molar-refractivity contribution in [3.05, 3.63) is 52.2 Å². The zero-order valence-corrected chi connectivity index (χ0v) is 15.6. The van der Waals surface area contributed by atoms with E-state index in [4.69, 9.17) is 4.74 Å². The van der Waals surface area contributed by atoms with Crippen molar-refractivity contribution in [1.29, 1.82) is 0 Å². The number of amides is 1. The summed E-state index contributed by atoms with van der Waals surface area (Å²) in [7, 11) is 1.60. The number of rotatable bonds is 6. The van der Waals surface area contributed by atoms with E-state index in [1.165, 1.54) is 30.6 Å². The molecular formula is C20H26N2O2S. The van der Waals surface area contributed by atoms with E-state index in [0.29, 0.717) is 17.9 Å². The highest BCUT2D eigenvalue weighted by Gasteiger charge is 2.23. The lowest BCUT2D eigenvalue weighted by Gasteiger charge is -2.30. The van der Waals surface area contributed by atoms with Crippen molar-refractivity contribution in [2.24, 2.45) is 0 Å². The van der Waals surface area contributed by atoms with Gasteiger partial charge >= 0.3 is 0 Å². The monoisotopic (exact) mass is 358 g/mol. The Balaban J connectivity index is 1.71. The number of hydrogen-bond acceptors (Lipinski definition) is 4. The normalized spacial score (nSPS) is 16.8. The van der Waals surface area contributed by atoms with Crippen molar-refractivity contribution >= 4 is 17.2 Å². The maximum Gasteiger partial charge on any atom is 0.255 e. The summed E-state index contributed by atoms with van der Waals surface area (Å²) >= 11 is 1.77. The maximum atomic E-state index is 12.6. The van der Waals surface area contributed by atoms with Crippen molar-refractivity contribution in [1.82, 2.24) is 10.2 Å². The molecule has 1 atom stereocenters. The van der Waals surface area contributed by atoms with Crippen LogP contribution in [0, 0.1) is 0 Å². The van der Waals surface area contributed by atoms with Gasteiger partial charge in [0.05, 0.1) is 18.7 Å². The minimum absolute atomic E-state index is 0.0752. The van der Waals surface area contributed by atoms with Crippen LogP contribution >= 0.6 is 11.3 Å². The van der Waals surface area contributed by atoms with Crippen LogP contribution in [0.2, 0.25) is 0 Å². The Hall–Kier alpha value is -1.85. The molecule has 134 valence electrons. The number of likely N-dealkylation sites (tertiary alicyclic amines) is 1. The molecule has 0 spiro atoms. The van der Waals surface area contributed by atoms with Gasteiger partial charge in [-0.05, 0) is 49.5 Å². The second kappa shape index (κ2) is 9.02. The first-order valence-corrected chi connectivity index (χ1v) is 9.86. The second-order valence-corrected chi connectivity index (χ2v) is 7.37. The summed E-state index contributed by atoms with van der Waals surface area (Å²) in [5.41, 5.74) is 0.589. The Morgan fingerprint density at radius 3 is 2.60 bits per heavy atom. The van der Waals surface area contributed by atoms with Crippen LogP contribution in [0.25, 0.3) is 0 Å².